The van der Waals surface area contributed by atoms with Crippen molar-refractivity contribution in [3.63, 3.8) is 0 Å². The number of hydrogen-bond acceptors (Lipinski definition) is 5. The summed E-state index contributed by atoms with van der Waals surface area (Å²) in [6.45, 7) is 13.6. The van der Waals surface area contributed by atoms with Gasteiger partial charge in [0, 0.05) is 18.0 Å². The molecule has 0 bridgehead atoms. The summed E-state index contributed by atoms with van der Waals surface area (Å²) in [7, 11) is 0. The Morgan fingerprint density at radius 3 is 2.59 bits per heavy atom. The average molecular weight is 436 g/mol. The molecule has 170 valence electrons. The highest BCUT2D eigenvalue weighted by atomic mass is 16.5. The van der Waals surface area contributed by atoms with E-state index in [0.29, 0.717) is 19.7 Å². The first-order valence-electron chi connectivity index (χ1n) is 11.2. The summed E-state index contributed by atoms with van der Waals surface area (Å²) in [4.78, 5) is 5.60. The maximum absolute atomic E-state index is 9.81. The van der Waals surface area contributed by atoms with Gasteiger partial charge in [0.25, 0.3) is 0 Å². The second-order valence-corrected chi connectivity index (χ2v) is 7.88. The van der Waals surface area contributed by atoms with Gasteiger partial charge in [0.15, 0.2) is 6.23 Å². The zero-order chi connectivity index (χ0) is 22.8. The third kappa shape index (κ3) is 6.49. The highest BCUT2D eigenvalue weighted by Crippen LogP contribution is 2.28. The molecule has 0 radical (unpaired) electrons. The Morgan fingerprint density at radius 2 is 1.94 bits per heavy atom. The van der Waals surface area contributed by atoms with E-state index in [1.807, 2.05) is 49.4 Å². The molecule has 1 aliphatic heterocycles. The second kappa shape index (κ2) is 12.1. The molecular formula is C26H33N3O3. The molecule has 3 rings (SSSR count). The van der Waals surface area contributed by atoms with Crippen LogP contribution in [0.5, 0.6) is 5.75 Å². The number of aliphatic hydroxyl groups is 1. The lowest BCUT2D eigenvalue weighted by molar-refractivity contribution is 0.130. The van der Waals surface area contributed by atoms with Gasteiger partial charge < -0.3 is 24.7 Å². The van der Waals surface area contributed by atoms with E-state index in [1.165, 1.54) is 0 Å². The molecule has 2 atom stereocenters. The molecule has 6 heteroatoms. The normalized spacial score (nSPS) is 16.4. The third-order valence-corrected chi connectivity index (χ3v) is 5.78. The van der Waals surface area contributed by atoms with Gasteiger partial charge in [0.05, 0.1) is 25.5 Å². The van der Waals surface area contributed by atoms with Gasteiger partial charge in [-0.1, -0.05) is 49.4 Å². The first kappa shape index (κ1) is 23.6. The highest BCUT2D eigenvalue weighted by molar-refractivity contribution is 5.28. The largest absolute Gasteiger partial charge is 0.493 e. The molecule has 0 aliphatic carbocycles. The third-order valence-electron chi connectivity index (χ3n) is 5.78. The molecule has 0 saturated heterocycles. The maximum atomic E-state index is 9.81. The van der Waals surface area contributed by atoms with Gasteiger partial charge >= 0.3 is 0 Å². The number of nitrogens with zero attached hydrogens (tertiary/aromatic N) is 2. The van der Waals surface area contributed by atoms with Crippen molar-refractivity contribution in [1.29, 1.82) is 0 Å². The Morgan fingerprint density at radius 1 is 1.19 bits per heavy atom. The minimum absolute atomic E-state index is 0.0226. The number of allylic oxidation sites excluding steroid dienone is 1. The van der Waals surface area contributed by atoms with Gasteiger partial charge in [-0.15, -0.1) is 0 Å². The summed E-state index contributed by atoms with van der Waals surface area (Å²) in [5, 5.41) is 13.3. The predicted octanol–water partition coefficient (Wildman–Crippen LogP) is 4.15. The van der Waals surface area contributed by atoms with Crippen LogP contribution in [0.4, 0.5) is 0 Å². The molecule has 2 aromatic rings. The molecule has 0 aromatic heterocycles. The van der Waals surface area contributed by atoms with Crippen LogP contribution in [0.15, 0.2) is 66.1 Å². The first-order valence-corrected chi connectivity index (χ1v) is 11.2. The molecule has 1 aliphatic rings. The van der Waals surface area contributed by atoms with Gasteiger partial charge in [-0.2, -0.15) is 0 Å². The molecule has 1 heterocycles. The van der Waals surface area contributed by atoms with Crippen molar-refractivity contribution in [1.82, 2.24) is 10.2 Å². The van der Waals surface area contributed by atoms with E-state index >= 15 is 0 Å². The van der Waals surface area contributed by atoms with Crippen LogP contribution in [-0.4, -0.2) is 48.9 Å². The van der Waals surface area contributed by atoms with Crippen LogP contribution in [0.25, 0.3) is 4.85 Å². The fourth-order valence-electron chi connectivity index (χ4n) is 3.92. The minimum Gasteiger partial charge on any atom is -0.493 e. The van der Waals surface area contributed by atoms with Crippen LogP contribution in [-0.2, 0) is 11.2 Å². The van der Waals surface area contributed by atoms with Gasteiger partial charge in [0.2, 0.25) is 6.54 Å². The van der Waals surface area contributed by atoms with Crippen LogP contribution < -0.4 is 10.1 Å². The Balaban J connectivity index is 1.47. The number of benzene rings is 2. The zero-order valence-electron chi connectivity index (χ0n) is 19.0. The Labute approximate surface area is 191 Å². The number of rotatable bonds is 12. The lowest BCUT2D eigenvalue weighted by Crippen LogP contribution is -2.40. The summed E-state index contributed by atoms with van der Waals surface area (Å²) in [5.41, 5.74) is 3.32. The van der Waals surface area contributed by atoms with Crippen LogP contribution in [0.2, 0.25) is 0 Å². The van der Waals surface area contributed by atoms with Crippen molar-refractivity contribution >= 4 is 0 Å². The van der Waals surface area contributed by atoms with Crippen molar-refractivity contribution in [2.75, 3.05) is 32.8 Å². The van der Waals surface area contributed by atoms with E-state index in [2.05, 4.69) is 34.1 Å². The van der Waals surface area contributed by atoms with E-state index in [4.69, 9.17) is 16.0 Å². The topological polar surface area (TPSA) is 58.3 Å². The molecule has 0 amide bonds. The molecule has 32 heavy (non-hydrogen) atoms. The fraction of sp³-hybridized carbons (Fsp3) is 0.423. The smallest absolute Gasteiger partial charge is 0.227 e. The van der Waals surface area contributed by atoms with Crippen LogP contribution in [0, 0.1) is 6.57 Å². The summed E-state index contributed by atoms with van der Waals surface area (Å²) in [5.74, 6) is 1.73. The molecule has 2 aromatic carbocycles. The van der Waals surface area contributed by atoms with E-state index in [-0.39, 0.29) is 18.9 Å². The van der Waals surface area contributed by atoms with Crippen molar-refractivity contribution in [2.24, 2.45) is 0 Å². The lowest BCUT2D eigenvalue weighted by atomic mass is 10.0. The number of likely N-dealkylation sites (N-methyl/N-ethyl adjacent to an activating group) is 1. The van der Waals surface area contributed by atoms with Gasteiger partial charge in [-0.3, -0.25) is 4.90 Å². The standard InChI is InChI=1S/C26H33N3O3/c1-4-29(16-15-27-3)23(19-30)18-21-10-12-24(13-11-21)31-17-14-25-20(2)32-26(28-25)22-8-6-5-7-9-22/h5-13,23,26,28,30H,4,14-19H2,1-2H3/t23-,26?/m0/s1. The van der Waals surface area contributed by atoms with E-state index in [1.54, 1.807) is 0 Å². The quantitative estimate of drug-likeness (QED) is 0.491. The molecule has 0 saturated carbocycles. The van der Waals surface area contributed by atoms with E-state index < -0.39 is 0 Å². The summed E-state index contributed by atoms with van der Waals surface area (Å²) in [6.07, 6.45) is 1.36. The predicted molar refractivity (Wildman–Crippen MR) is 126 cm³/mol. The molecule has 2 N–H and O–H groups in total. The lowest BCUT2D eigenvalue weighted by Gasteiger charge is -2.27. The molecule has 0 spiro atoms. The minimum atomic E-state index is -0.137. The van der Waals surface area contributed by atoms with Crippen molar-refractivity contribution in [3.05, 3.63) is 88.6 Å². The first-order chi connectivity index (χ1) is 15.6. The van der Waals surface area contributed by atoms with Gasteiger partial charge in [0.1, 0.15) is 11.5 Å². The number of hydrogen-bond donors (Lipinski definition) is 2. The monoisotopic (exact) mass is 435 g/mol. The number of ether oxygens (including phenoxy) is 2. The Kier molecular flexibility index (Phi) is 8.97. The van der Waals surface area contributed by atoms with Crippen molar-refractivity contribution < 1.29 is 14.6 Å². The molecular weight excluding hydrogens is 402 g/mol. The Hall–Kier alpha value is -3.01. The maximum Gasteiger partial charge on any atom is 0.227 e. The number of aliphatic hydroxyl groups excluding tert-OH is 1. The van der Waals surface area contributed by atoms with Gasteiger partial charge in [-0.05, 0) is 37.6 Å². The fourth-order valence-corrected chi connectivity index (χ4v) is 3.92. The zero-order valence-corrected chi connectivity index (χ0v) is 19.0. The van der Waals surface area contributed by atoms with Crippen LogP contribution >= 0.6 is 0 Å². The molecule has 0 fully saturated rings. The summed E-state index contributed by atoms with van der Waals surface area (Å²) in [6, 6.07) is 18.2. The summed E-state index contributed by atoms with van der Waals surface area (Å²) >= 11 is 0. The number of nitrogens with one attached hydrogen (secondary N) is 1. The van der Waals surface area contributed by atoms with Gasteiger partial charge in [-0.25, -0.2) is 6.57 Å². The van der Waals surface area contributed by atoms with E-state index in [0.717, 1.165) is 47.7 Å². The second-order valence-electron chi connectivity index (χ2n) is 7.88. The van der Waals surface area contributed by atoms with Crippen LogP contribution in [0.3, 0.4) is 0 Å². The highest BCUT2D eigenvalue weighted by Gasteiger charge is 2.23. The van der Waals surface area contributed by atoms with Crippen LogP contribution in [0.1, 0.15) is 37.6 Å². The Bertz CT molecular complexity index is 906. The average Bonchev–Trinajstić information content (AvgIpc) is 3.20. The van der Waals surface area contributed by atoms with E-state index in [9.17, 15) is 5.11 Å². The van der Waals surface area contributed by atoms with Crippen molar-refractivity contribution in [2.45, 2.75) is 39.0 Å². The summed E-state index contributed by atoms with van der Waals surface area (Å²) < 4.78 is 11.9. The SMILES string of the molecule is [C-]#[N+]CCN(CC)[C@H](CO)Cc1ccc(OCCC2=C(C)OC(c3ccccc3)N2)cc1. The molecule has 1 unspecified atom stereocenters. The van der Waals surface area contributed by atoms with Crippen molar-refractivity contribution in [3.8, 4) is 5.75 Å². The molecule has 6 nitrogen and oxygen atoms in total.